The Kier molecular flexibility index (Phi) is 5.35. The summed E-state index contributed by atoms with van der Waals surface area (Å²) >= 11 is 0. The molecule has 0 aromatic heterocycles. The van der Waals surface area contributed by atoms with Crippen molar-refractivity contribution in [2.45, 2.75) is 19.3 Å². The molecule has 0 amide bonds. The summed E-state index contributed by atoms with van der Waals surface area (Å²) in [6.45, 7) is 4.21. The third-order valence-corrected chi connectivity index (χ3v) is 2.52. The van der Waals surface area contributed by atoms with Gasteiger partial charge in [0.15, 0.2) is 0 Å². The average Bonchev–Trinajstić information content (AvgIpc) is 2.13. The molecule has 78 valence electrons. The Bertz CT molecular complexity index is 130. The molecule has 1 fully saturated rings. The van der Waals surface area contributed by atoms with Crippen LogP contribution in [0.15, 0.2) is 0 Å². The van der Waals surface area contributed by atoms with E-state index in [2.05, 4.69) is 11.9 Å². The molecule has 3 heteroatoms. The zero-order valence-corrected chi connectivity index (χ0v) is 8.54. The van der Waals surface area contributed by atoms with Crippen molar-refractivity contribution >= 4 is 0 Å². The average molecular weight is 187 g/mol. The van der Waals surface area contributed by atoms with Crippen molar-refractivity contribution in [1.29, 1.82) is 0 Å². The zero-order valence-electron chi connectivity index (χ0n) is 8.54. The molecule has 0 spiro atoms. The Morgan fingerprint density at radius 1 is 1.54 bits per heavy atom. The molecule has 1 atom stereocenters. The van der Waals surface area contributed by atoms with Gasteiger partial charge in [0.05, 0.1) is 6.61 Å². The highest BCUT2D eigenvalue weighted by Gasteiger charge is 2.16. The second kappa shape index (κ2) is 6.35. The van der Waals surface area contributed by atoms with Crippen molar-refractivity contribution < 1.29 is 9.84 Å². The number of aliphatic hydroxyl groups is 1. The van der Waals surface area contributed by atoms with E-state index in [1.807, 2.05) is 0 Å². The van der Waals surface area contributed by atoms with Gasteiger partial charge in [-0.1, -0.05) is 0 Å². The van der Waals surface area contributed by atoms with Gasteiger partial charge in [0.1, 0.15) is 0 Å². The van der Waals surface area contributed by atoms with Gasteiger partial charge in [-0.2, -0.15) is 0 Å². The molecule has 1 saturated heterocycles. The van der Waals surface area contributed by atoms with Crippen LogP contribution in [0.5, 0.6) is 0 Å². The van der Waals surface area contributed by atoms with Crippen molar-refractivity contribution in [2.75, 3.05) is 40.0 Å². The van der Waals surface area contributed by atoms with Gasteiger partial charge >= 0.3 is 0 Å². The van der Waals surface area contributed by atoms with Gasteiger partial charge in [-0.3, -0.25) is 0 Å². The fourth-order valence-electron chi connectivity index (χ4n) is 1.83. The summed E-state index contributed by atoms with van der Waals surface area (Å²) in [5.74, 6) is 0.706. The molecule has 0 radical (unpaired) electrons. The molecule has 1 aliphatic heterocycles. The van der Waals surface area contributed by atoms with Crippen molar-refractivity contribution in [3.8, 4) is 0 Å². The first-order valence-corrected chi connectivity index (χ1v) is 5.20. The maximum Gasteiger partial charge on any atom is 0.0506 e. The molecule has 0 bridgehead atoms. The Hall–Kier alpha value is -0.120. The van der Waals surface area contributed by atoms with Crippen LogP contribution in [0.3, 0.4) is 0 Å². The number of ether oxygens (including phenoxy) is 1. The molecule has 1 heterocycles. The summed E-state index contributed by atoms with van der Waals surface area (Å²) < 4.78 is 5.48. The first-order valence-electron chi connectivity index (χ1n) is 5.20. The minimum atomic E-state index is 0.241. The topological polar surface area (TPSA) is 32.7 Å². The van der Waals surface area contributed by atoms with Crippen LogP contribution in [0.1, 0.15) is 19.3 Å². The third kappa shape index (κ3) is 4.60. The number of hydrogen-bond donors (Lipinski definition) is 1. The monoisotopic (exact) mass is 187 g/mol. The SMILES string of the molecule is CN1CCCC(COCCCO)C1. The normalized spacial score (nSPS) is 24.9. The van der Waals surface area contributed by atoms with Gasteiger partial charge < -0.3 is 14.7 Å². The van der Waals surface area contributed by atoms with E-state index >= 15 is 0 Å². The maximum atomic E-state index is 8.56. The molecule has 1 aliphatic rings. The van der Waals surface area contributed by atoms with E-state index in [4.69, 9.17) is 9.84 Å². The Labute approximate surface area is 80.7 Å². The second-order valence-electron chi connectivity index (χ2n) is 3.92. The molecular formula is C10H21NO2. The summed E-state index contributed by atoms with van der Waals surface area (Å²) in [4.78, 5) is 2.36. The lowest BCUT2D eigenvalue weighted by atomic mass is 10.00. The molecule has 0 aromatic rings. The van der Waals surface area contributed by atoms with Crippen molar-refractivity contribution in [1.82, 2.24) is 4.90 Å². The van der Waals surface area contributed by atoms with E-state index in [1.54, 1.807) is 0 Å². The van der Waals surface area contributed by atoms with E-state index < -0.39 is 0 Å². The predicted octanol–water partition coefficient (Wildman–Crippen LogP) is 0.727. The predicted molar refractivity (Wildman–Crippen MR) is 52.7 cm³/mol. The van der Waals surface area contributed by atoms with Crippen LogP contribution in [0.25, 0.3) is 0 Å². The van der Waals surface area contributed by atoms with Crippen molar-refractivity contribution in [3.05, 3.63) is 0 Å². The number of likely N-dealkylation sites (tertiary alicyclic amines) is 1. The van der Waals surface area contributed by atoms with Crippen LogP contribution in [-0.2, 0) is 4.74 Å². The number of piperidine rings is 1. The lowest BCUT2D eigenvalue weighted by molar-refractivity contribution is 0.0596. The molecule has 13 heavy (non-hydrogen) atoms. The van der Waals surface area contributed by atoms with Gasteiger partial charge in [-0.15, -0.1) is 0 Å². The fraction of sp³-hybridized carbons (Fsp3) is 1.00. The molecule has 0 saturated carbocycles. The number of hydrogen-bond acceptors (Lipinski definition) is 3. The minimum Gasteiger partial charge on any atom is -0.396 e. The first kappa shape index (κ1) is 11.0. The largest absolute Gasteiger partial charge is 0.396 e. The van der Waals surface area contributed by atoms with Crippen LogP contribution in [-0.4, -0.2) is 50.0 Å². The van der Waals surface area contributed by atoms with Gasteiger partial charge in [0, 0.05) is 19.8 Å². The van der Waals surface area contributed by atoms with Crippen LogP contribution in [0, 0.1) is 5.92 Å². The lowest BCUT2D eigenvalue weighted by Crippen LogP contribution is -2.34. The molecule has 1 unspecified atom stereocenters. The van der Waals surface area contributed by atoms with Crippen LogP contribution >= 0.6 is 0 Å². The molecule has 1 rings (SSSR count). The van der Waals surface area contributed by atoms with E-state index in [-0.39, 0.29) is 6.61 Å². The van der Waals surface area contributed by atoms with Crippen molar-refractivity contribution in [3.63, 3.8) is 0 Å². The van der Waals surface area contributed by atoms with E-state index in [1.165, 1.54) is 25.9 Å². The third-order valence-electron chi connectivity index (χ3n) is 2.52. The fourth-order valence-corrected chi connectivity index (χ4v) is 1.83. The number of aliphatic hydroxyl groups excluding tert-OH is 1. The quantitative estimate of drug-likeness (QED) is 0.644. The Balaban J connectivity index is 2.00. The molecule has 3 nitrogen and oxygen atoms in total. The van der Waals surface area contributed by atoms with Crippen LogP contribution in [0.2, 0.25) is 0 Å². The molecule has 1 N–H and O–H groups in total. The lowest BCUT2D eigenvalue weighted by Gasteiger charge is -2.29. The Morgan fingerprint density at radius 2 is 2.38 bits per heavy atom. The summed E-state index contributed by atoms with van der Waals surface area (Å²) in [6.07, 6.45) is 3.36. The van der Waals surface area contributed by atoms with E-state index in [0.29, 0.717) is 12.5 Å². The van der Waals surface area contributed by atoms with Gasteiger partial charge in [0.25, 0.3) is 0 Å². The van der Waals surface area contributed by atoms with E-state index in [0.717, 1.165) is 13.0 Å². The van der Waals surface area contributed by atoms with Gasteiger partial charge in [-0.05, 0) is 38.8 Å². The first-order chi connectivity index (χ1) is 6.33. The molecule has 0 aliphatic carbocycles. The zero-order chi connectivity index (χ0) is 9.52. The summed E-state index contributed by atoms with van der Waals surface area (Å²) in [7, 11) is 2.17. The summed E-state index contributed by atoms with van der Waals surface area (Å²) in [5.41, 5.74) is 0. The molecular weight excluding hydrogens is 166 g/mol. The minimum absolute atomic E-state index is 0.241. The summed E-state index contributed by atoms with van der Waals surface area (Å²) in [5, 5.41) is 8.56. The summed E-state index contributed by atoms with van der Waals surface area (Å²) in [6, 6.07) is 0. The number of rotatable bonds is 5. The van der Waals surface area contributed by atoms with Gasteiger partial charge in [-0.25, -0.2) is 0 Å². The van der Waals surface area contributed by atoms with Crippen LogP contribution in [0.4, 0.5) is 0 Å². The number of nitrogens with zero attached hydrogens (tertiary/aromatic N) is 1. The van der Waals surface area contributed by atoms with Gasteiger partial charge in [0.2, 0.25) is 0 Å². The van der Waals surface area contributed by atoms with Crippen molar-refractivity contribution in [2.24, 2.45) is 5.92 Å². The molecule has 0 aromatic carbocycles. The maximum absolute atomic E-state index is 8.56. The highest BCUT2D eigenvalue weighted by molar-refractivity contribution is 4.69. The van der Waals surface area contributed by atoms with E-state index in [9.17, 15) is 0 Å². The second-order valence-corrected chi connectivity index (χ2v) is 3.92. The smallest absolute Gasteiger partial charge is 0.0506 e. The Morgan fingerprint density at radius 3 is 3.08 bits per heavy atom. The standard InChI is InChI=1S/C10H21NO2/c1-11-5-2-4-10(8-11)9-13-7-3-6-12/h10,12H,2-9H2,1H3. The highest BCUT2D eigenvalue weighted by atomic mass is 16.5. The highest BCUT2D eigenvalue weighted by Crippen LogP contribution is 2.14. The van der Waals surface area contributed by atoms with Crippen LogP contribution < -0.4 is 0 Å².